The maximum atomic E-state index is 13.2. The van der Waals surface area contributed by atoms with E-state index in [1.165, 1.54) is 24.3 Å². The van der Waals surface area contributed by atoms with E-state index in [4.69, 9.17) is 11.5 Å². The number of halogens is 2. The number of hydrogen-bond acceptors (Lipinski definition) is 2. The summed E-state index contributed by atoms with van der Waals surface area (Å²) in [5, 5.41) is 7.49. The van der Waals surface area contributed by atoms with E-state index in [9.17, 15) is 8.78 Å². The molecule has 0 heterocycles. The second-order valence-electron chi connectivity index (χ2n) is 4.83. The SMILES string of the molecule is NC(N)=NN=C(C=Cc1cccc(F)c1)C=Cc1cccc(F)c1. The molecular weight excluding hydrogens is 310 g/mol. The first-order chi connectivity index (χ1) is 11.5. The molecule has 2 aromatic carbocycles. The Hall–Kier alpha value is -3.28. The van der Waals surface area contributed by atoms with Crippen LogP contribution in [0.4, 0.5) is 8.78 Å². The van der Waals surface area contributed by atoms with Gasteiger partial charge in [0.1, 0.15) is 11.6 Å². The number of allylic oxidation sites excluding steroid dienone is 2. The summed E-state index contributed by atoms with van der Waals surface area (Å²) in [5.41, 5.74) is 12.3. The standard InChI is InChI=1S/C18H16F2N4/c19-15-5-1-3-13(11-15)7-9-17(23-24-18(21)22)10-8-14-4-2-6-16(20)12-14/h1-12H,(H4,21,22,24). The van der Waals surface area contributed by atoms with Crippen molar-refractivity contribution in [1.29, 1.82) is 0 Å². The lowest BCUT2D eigenvalue weighted by molar-refractivity contribution is 0.627. The molecule has 2 rings (SSSR count). The molecule has 0 spiro atoms. The van der Waals surface area contributed by atoms with Gasteiger partial charge in [-0.2, -0.15) is 0 Å². The first-order valence-corrected chi connectivity index (χ1v) is 7.07. The van der Waals surface area contributed by atoms with E-state index < -0.39 is 0 Å². The molecule has 2 aromatic rings. The normalized spacial score (nSPS) is 10.9. The van der Waals surface area contributed by atoms with Gasteiger partial charge >= 0.3 is 0 Å². The van der Waals surface area contributed by atoms with Gasteiger partial charge in [0.15, 0.2) is 0 Å². The molecule has 0 atom stereocenters. The molecule has 0 aliphatic heterocycles. The van der Waals surface area contributed by atoms with Gasteiger partial charge in [0.2, 0.25) is 5.96 Å². The molecule has 24 heavy (non-hydrogen) atoms. The van der Waals surface area contributed by atoms with Crippen LogP contribution in [-0.4, -0.2) is 11.7 Å². The summed E-state index contributed by atoms with van der Waals surface area (Å²) < 4.78 is 26.4. The average molecular weight is 326 g/mol. The maximum absolute atomic E-state index is 13.2. The van der Waals surface area contributed by atoms with Gasteiger partial charge in [0, 0.05) is 0 Å². The Kier molecular flexibility index (Phi) is 5.96. The molecule has 0 aromatic heterocycles. The number of hydrogen-bond donors (Lipinski definition) is 2. The Morgan fingerprint density at radius 1 is 0.792 bits per heavy atom. The molecule has 0 unspecified atom stereocenters. The summed E-state index contributed by atoms with van der Waals surface area (Å²) in [6, 6.07) is 12.2. The topological polar surface area (TPSA) is 76.8 Å². The van der Waals surface area contributed by atoms with Crippen LogP contribution in [0, 0.1) is 11.6 Å². The molecule has 6 heteroatoms. The monoisotopic (exact) mass is 326 g/mol. The fourth-order valence-electron chi connectivity index (χ4n) is 1.82. The number of nitrogens with two attached hydrogens (primary N) is 2. The third-order valence-electron chi connectivity index (χ3n) is 2.87. The zero-order valence-electron chi connectivity index (χ0n) is 12.7. The fourth-order valence-corrected chi connectivity index (χ4v) is 1.82. The highest BCUT2D eigenvalue weighted by Crippen LogP contribution is 2.08. The van der Waals surface area contributed by atoms with Crippen molar-refractivity contribution in [1.82, 2.24) is 0 Å². The van der Waals surface area contributed by atoms with Gasteiger partial charge in [-0.3, -0.25) is 0 Å². The third kappa shape index (κ3) is 5.84. The van der Waals surface area contributed by atoms with E-state index in [-0.39, 0.29) is 17.6 Å². The van der Waals surface area contributed by atoms with Crippen LogP contribution >= 0.6 is 0 Å². The Bertz CT molecular complexity index is 762. The molecule has 0 aliphatic rings. The highest BCUT2D eigenvalue weighted by atomic mass is 19.1. The van der Waals surface area contributed by atoms with E-state index in [2.05, 4.69) is 10.2 Å². The summed E-state index contributed by atoms with van der Waals surface area (Å²) in [4.78, 5) is 0. The Morgan fingerprint density at radius 2 is 1.29 bits per heavy atom. The predicted octanol–water partition coefficient (Wildman–Crippen LogP) is 3.32. The predicted molar refractivity (Wildman–Crippen MR) is 94.1 cm³/mol. The summed E-state index contributed by atoms with van der Waals surface area (Å²) in [5.74, 6) is -0.865. The summed E-state index contributed by atoms with van der Waals surface area (Å²) in [7, 11) is 0. The van der Waals surface area contributed by atoms with Crippen LogP contribution in [0.15, 0.2) is 70.9 Å². The van der Waals surface area contributed by atoms with Gasteiger partial charge in [-0.1, -0.05) is 36.4 Å². The van der Waals surface area contributed by atoms with Crippen molar-refractivity contribution < 1.29 is 8.78 Å². The van der Waals surface area contributed by atoms with Crippen LogP contribution in [0.5, 0.6) is 0 Å². The molecule has 0 radical (unpaired) electrons. The molecule has 0 aliphatic carbocycles. The first kappa shape index (κ1) is 17.1. The largest absolute Gasteiger partial charge is 0.369 e. The minimum absolute atomic E-state index is 0.189. The molecule has 4 N–H and O–H groups in total. The number of rotatable bonds is 5. The highest BCUT2D eigenvalue weighted by molar-refractivity contribution is 6.08. The minimum atomic E-state index is -0.338. The van der Waals surface area contributed by atoms with E-state index in [1.54, 1.807) is 48.6 Å². The van der Waals surface area contributed by atoms with E-state index in [0.29, 0.717) is 16.8 Å². The second kappa shape index (κ2) is 8.38. The van der Waals surface area contributed by atoms with Gasteiger partial charge in [-0.05, 0) is 47.5 Å². The lowest BCUT2D eigenvalue weighted by atomic mass is 10.1. The highest BCUT2D eigenvalue weighted by Gasteiger charge is 1.95. The lowest BCUT2D eigenvalue weighted by Gasteiger charge is -1.96. The quantitative estimate of drug-likeness (QED) is 0.502. The Morgan fingerprint density at radius 3 is 1.71 bits per heavy atom. The van der Waals surface area contributed by atoms with Crippen molar-refractivity contribution in [3.8, 4) is 0 Å². The maximum Gasteiger partial charge on any atom is 0.211 e. The molecule has 0 amide bonds. The Labute approximate surface area is 138 Å². The number of benzene rings is 2. The van der Waals surface area contributed by atoms with Crippen LogP contribution in [-0.2, 0) is 0 Å². The van der Waals surface area contributed by atoms with Crippen molar-refractivity contribution in [3.05, 3.63) is 83.4 Å². The third-order valence-corrected chi connectivity index (χ3v) is 2.87. The zero-order valence-corrected chi connectivity index (χ0v) is 12.7. The lowest BCUT2D eigenvalue weighted by Crippen LogP contribution is -2.22. The van der Waals surface area contributed by atoms with E-state index in [1.807, 2.05) is 0 Å². The van der Waals surface area contributed by atoms with Crippen LogP contribution in [0.25, 0.3) is 12.2 Å². The Balaban J connectivity index is 2.25. The van der Waals surface area contributed by atoms with Crippen molar-refractivity contribution in [2.24, 2.45) is 21.7 Å². The van der Waals surface area contributed by atoms with Crippen molar-refractivity contribution >= 4 is 23.8 Å². The van der Waals surface area contributed by atoms with Gasteiger partial charge in [-0.15, -0.1) is 10.2 Å². The summed E-state index contributed by atoms with van der Waals surface area (Å²) in [6.45, 7) is 0. The smallest absolute Gasteiger partial charge is 0.211 e. The molecule has 0 fully saturated rings. The molecule has 0 saturated heterocycles. The van der Waals surface area contributed by atoms with Gasteiger partial charge in [-0.25, -0.2) is 8.78 Å². The summed E-state index contributed by atoms with van der Waals surface area (Å²) in [6.07, 6.45) is 6.58. The average Bonchev–Trinajstić information content (AvgIpc) is 2.54. The van der Waals surface area contributed by atoms with Crippen LogP contribution in [0.2, 0.25) is 0 Å². The van der Waals surface area contributed by atoms with Crippen molar-refractivity contribution in [2.75, 3.05) is 0 Å². The van der Waals surface area contributed by atoms with Crippen molar-refractivity contribution in [2.45, 2.75) is 0 Å². The second-order valence-corrected chi connectivity index (χ2v) is 4.83. The molecule has 0 saturated carbocycles. The van der Waals surface area contributed by atoms with Crippen molar-refractivity contribution in [3.63, 3.8) is 0 Å². The van der Waals surface area contributed by atoms with Crippen LogP contribution in [0.1, 0.15) is 11.1 Å². The van der Waals surface area contributed by atoms with E-state index >= 15 is 0 Å². The zero-order chi connectivity index (χ0) is 17.4. The number of nitrogens with zero attached hydrogens (tertiary/aromatic N) is 2. The molecule has 0 bridgehead atoms. The van der Waals surface area contributed by atoms with Crippen LogP contribution in [0.3, 0.4) is 0 Å². The minimum Gasteiger partial charge on any atom is -0.369 e. The van der Waals surface area contributed by atoms with Crippen LogP contribution < -0.4 is 11.5 Å². The fraction of sp³-hybridized carbons (Fsp3) is 0. The summed E-state index contributed by atoms with van der Waals surface area (Å²) >= 11 is 0. The van der Waals surface area contributed by atoms with Gasteiger partial charge < -0.3 is 11.5 Å². The first-order valence-electron chi connectivity index (χ1n) is 7.07. The van der Waals surface area contributed by atoms with E-state index in [0.717, 1.165) is 0 Å². The van der Waals surface area contributed by atoms with Gasteiger partial charge in [0.25, 0.3) is 0 Å². The molecule has 4 nitrogen and oxygen atoms in total. The van der Waals surface area contributed by atoms with Gasteiger partial charge in [0.05, 0.1) is 5.71 Å². The molecule has 122 valence electrons. The number of guanidine groups is 1. The molecular formula is C18H16F2N4.